The molecular weight excluding hydrogens is 252 g/mol. The number of fused-ring (bicyclic) bond motifs is 1. The quantitative estimate of drug-likeness (QED) is 0.785. The van der Waals surface area contributed by atoms with Crippen molar-refractivity contribution >= 4 is 22.4 Å². The summed E-state index contributed by atoms with van der Waals surface area (Å²) in [7, 11) is 0. The summed E-state index contributed by atoms with van der Waals surface area (Å²) in [5, 5.41) is 14.4. The number of carbonyl (C=O) groups excluding carboxylic acids is 1. The van der Waals surface area contributed by atoms with Crippen LogP contribution in [0, 0.1) is 5.92 Å². The van der Waals surface area contributed by atoms with Gasteiger partial charge >= 0.3 is 0 Å². The van der Waals surface area contributed by atoms with Gasteiger partial charge in [-0.1, -0.05) is 24.3 Å². The number of carbonyl (C=O) groups is 1. The van der Waals surface area contributed by atoms with E-state index in [2.05, 4.69) is 5.32 Å². The number of nitrogens with one attached hydrogen (secondary N) is 1. The molecule has 20 heavy (non-hydrogen) atoms. The summed E-state index contributed by atoms with van der Waals surface area (Å²) >= 11 is 0. The third-order valence-corrected chi connectivity index (χ3v) is 4.00. The van der Waals surface area contributed by atoms with E-state index in [-0.39, 0.29) is 23.6 Å². The molecule has 1 fully saturated rings. The lowest BCUT2D eigenvalue weighted by Gasteiger charge is -2.13. The Hall–Kier alpha value is -2.07. The van der Waals surface area contributed by atoms with Crippen molar-refractivity contribution in [3.8, 4) is 5.75 Å². The van der Waals surface area contributed by atoms with Crippen LogP contribution in [0.25, 0.3) is 10.8 Å². The van der Waals surface area contributed by atoms with Gasteiger partial charge in [-0.25, -0.2) is 0 Å². The van der Waals surface area contributed by atoms with Crippen LogP contribution in [0.1, 0.15) is 19.3 Å². The van der Waals surface area contributed by atoms with Crippen molar-refractivity contribution < 1.29 is 9.90 Å². The Morgan fingerprint density at radius 1 is 1.15 bits per heavy atom. The average Bonchev–Trinajstić information content (AvgIpc) is 2.87. The number of hydrogen-bond donors (Lipinski definition) is 3. The van der Waals surface area contributed by atoms with E-state index in [9.17, 15) is 9.90 Å². The number of nitrogens with two attached hydrogens (primary N) is 1. The molecule has 0 bridgehead atoms. The van der Waals surface area contributed by atoms with Crippen molar-refractivity contribution in [2.75, 3.05) is 5.32 Å². The summed E-state index contributed by atoms with van der Waals surface area (Å²) < 4.78 is 0. The van der Waals surface area contributed by atoms with Crippen LogP contribution in [-0.4, -0.2) is 17.1 Å². The van der Waals surface area contributed by atoms with Gasteiger partial charge in [-0.3, -0.25) is 4.79 Å². The van der Waals surface area contributed by atoms with E-state index in [0.717, 1.165) is 35.7 Å². The molecule has 2 unspecified atom stereocenters. The SMILES string of the molecule is NC1CCC(C(=O)Nc2cccc3c(O)cccc23)C1. The zero-order valence-corrected chi connectivity index (χ0v) is 11.2. The summed E-state index contributed by atoms with van der Waals surface area (Å²) in [6, 6.07) is 11.0. The van der Waals surface area contributed by atoms with Crippen LogP contribution in [-0.2, 0) is 4.79 Å². The van der Waals surface area contributed by atoms with Gasteiger partial charge in [0.1, 0.15) is 5.75 Å². The lowest BCUT2D eigenvalue weighted by molar-refractivity contribution is -0.119. The fourth-order valence-electron chi connectivity index (χ4n) is 2.89. The number of hydrogen-bond acceptors (Lipinski definition) is 3. The molecule has 1 aliphatic rings. The van der Waals surface area contributed by atoms with Gasteiger partial charge in [0.2, 0.25) is 5.91 Å². The Kier molecular flexibility index (Phi) is 3.32. The van der Waals surface area contributed by atoms with E-state index in [1.165, 1.54) is 0 Å². The lowest BCUT2D eigenvalue weighted by atomic mass is 10.0. The van der Waals surface area contributed by atoms with Crippen molar-refractivity contribution in [1.29, 1.82) is 0 Å². The highest BCUT2D eigenvalue weighted by atomic mass is 16.3. The first-order chi connectivity index (χ1) is 9.65. The molecule has 3 rings (SSSR count). The maximum Gasteiger partial charge on any atom is 0.227 e. The minimum Gasteiger partial charge on any atom is -0.507 e. The van der Waals surface area contributed by atoms with Crippen LogP contribution in [0.2, 0.25) is 0 Å². The summed E-state index contributed by atoms with van der Waals surface area (Å²) in [5.41, 5.74) is 6.59. The van der Waals surface area contributed by atoms with E-state index >= 15 is 0 Å². The molecule has 0 radical (unpaired) electrons. The fraction of sp³-hybridized carbons (Fsp3) is 0.312. The molecule has 0 heterocycles. The van der Waals surface area contributed by atoms with E-state index < -0.39 is 0 Å². The van der Waals surface area contributed by atoms with Crippen LogP contribution < -0.4 is 11.1 Å². The van der Waals surface area contributed by atoms with Crippen LogP contribution in [0.15, 0.2) is 36.4 Å². The molecule has 4 heteroatoms. The number of phenolic OH excluding ortho intramolecular Hbond substituents is 1. The van der Waals surface area contributed by atoms with Crippen molar-refractivity contribution in [3.05, 3.63) is 36.4 Å². The third-order valence-electron chi connectivity index (χ3n) is 4.00. The molecule has 1 saturated carbocycles. The number of benzene rings is 2. The minimum atomic E-state index is -0.00225. The Labute approximate surface area is 117 Å². The second-order valence-electron chi connectivity index (χ2n) is 5.44. The second kappa shape index (κ2) is 5.13. The topological polar surface area (TPSA) is 75.4 Å². The summed E-state index contributed by atoms with van der Waals surface area (Å²) in [6.45, 7) is 0. The lowest BCUT2D eigenvalue weighted by Crippen LogP contribution is -2.23. The summed E-state index contributed by atoms with van der Waals surface area (Å²) in [5.74, 6) is 0.243. The smallest absolute Gasteiger partial charge is 0.227 e. The monoisotopic (exact) mass is 270 g/mol. The van der Waals surface area contributed by atoms with Crippen LogP contribution in [0.5, 0.6) is 5.75 Å². The fourth-order valence-corrected chi connectivity index (χ4v) is 2.89. The molecular formula is C16H18N2O2. The molecule has 2 aromatic rings. The number of aromatic hydroxyl groups is 1. The highest BCUT2D eigenvalue weighted by molar-refractivity contribution is 6.04. The van der Waals surface area contributed by atoms with Crippen molar-refractivity contribution in [3.63, 3.8) is 0 Å². The molecule has 104 valence electrons. The normalized spacial score (nSPS) is 22.1. The Morgan fingerprint density at radius 3 is 2.65 bits per heavy atom. The van der Waals surface area contributed by atoms with Gasteiger partial charge in [0.05, 0.1) is 0 Å². The molecule has 0 spiro atoms. The third kappa shape index (κ3) is 2.34. The van der Waals surface area contributed by atoms with Gasteiger partial charge in [-0.2, -0.15) is 0 Å². The second-order valence-corrected chi connectivity index (χ2v) is 5.44. The number of amides is 1. The Bertz CT molecular complexity index is 654. The van der Waals surface area contributed by atoms with Gasteiger partial charge < -0.3 is 16.2 Å². The molecule has 4 nitrogen and oxygen atoms in total. The number of rotatable bonds is 2. The van der Waals surface area contributed by atoms with E-state index in [4.69, 9.17) is 5.73 Å². The molecule has 0 aliphatic heterocycles. The molecule has 0 aromatic heterocycles. The van der Waals surface area contributed by atoms with Crippen LogP contribution in [0.4, 0.5) is 5.69 Å². The average molecular weight is 270 g/mol. The molecule has 1 aliphatic carbocycles. The van der Waals surface area contributed by atoms with Gasteiger partial charge in [-0.15, -0.1) is 0 Å². The summed E-state index contributed by atoms with van der Waals surface area (Å²) in [6.07, 6.45) is 2.51. The predicted octanol–water partition coefficient (Wildman–Crippen LogP) is 2.61. The van der Waals surface area contributed by atoms with Gasteiger partial charge in [0.25, 0.3) is 0 Å². The van der Waals surface area contributed by atoms with Crippen LogP contribution >= 0.6 is 0 Å². The molecule has 4 N–H and O–H groups in total. The largest absolute Gasteiger partial charge is 0.507 e. The Balaban J connectivity index is 1.88. The van der Waals surface area contributed by atoms with Crippen molar-refractivity contribution in [2.45, 2.75) is 25.3 Å². The first-order valence-electron chi connectivity index (χ1n) is 6.92. The first kappa shape index (κ1) is 12.9. The maximum atomic E-state index is 12.3. The summed E-state index contributed by atoms with van der Waals surface area (Å²) in [4.78, 5) is 12.3. The van der Waals surface area contributed by atoms with Gasteiger partial charge in [0, 0.05) is 28.4 Å². The Morgan fingerprint density at radius 2 is 1.90 bits per heavy atom. The maximum absolute atomic E-state index is 12.3. The molecule has 2 aromatic carbocycles. The minimum absolute atomic E-state index is 0.00225. The van der Waals surface area contributed by atoms with E-state index in [1.54, 1.807) is 12.1 Å². The standard InChI is InChI=1S/C16H18N2O2/c17-11-8-7-10(9-11)16(20)18-14-5-1-4-13-12(14)3-2-6-15(13)19/h1-6,10-11,19H,7-9,17H2,(H,18,20). The van der Waals surface area contributed by atoms with Crippen LogP contribution in [0.3, 0.4) is 0 Å². The molecule has 1 amide bonds. The highest BCUT2D eigenvalue weighted by Crippen LogP contribution is 2.31. The van der Waals surface area contributed by atoms with E-state index in [1.807, 2.05) is 24.3 Å². The van der Waals surface area contributed by atoms with Gasteiger partial charge in [-0.05, 0) is 31.4 Å². The van der Waals surface area contributed by atoms with Crippen molar-refractivity contribution in [1.82, 2.24) is 0 Å². The van der Waals surface area contributed by atoms with Gasteiger partial charge in [0.15, 0.2) is 0 Å². The first-order valence-corrected chi connectivity index (χ1v) is 6.92. The number of anilines is 1. The zero-order valence-electron chi connectivity index (χ0n) is 11.2. The molecule has 0 saturated heterocycles. The van der Waals surface area contributed by atoms with Crippen molar-refractivity contribution in [2.24, 2.45) is 11.7 Å². The molecule has 2 atom stereocenters. The predicted molar refractivity (Wildman–Crippen MR) is 79.6 cm³/mol. The highest BCUT2D eigenvalue weighted by Gasteiger charge is 2.27. The zero-order chi connectivity index (χ0) is 14.1. The number of phenols is 1. The van der Waals surface area contributed by atoms with E-state index in [0.29, 0.717) is 0 Å².